The lowest BCUT2D eigenvalue weighted by Gasteiger charge is -2.21. The van der Waals surface area contributed by atoms with E-state index < -0.39 is 23.8 Å². The van der Waals surface area contributed by atoms with Crippen molar-refractivity contribution >= 4 is 18.0 Å². The molecule has 0 aliphatic heterocycles. The molecule has 0 amide bonds. The molecule has 0 radical (unpaired) electrons. The molecule has 0 aliphatic carbocycles. The van der Waals surface area contributed by atoms with Gasteiger partial charge in [-0.05, 0) is 18.1 Å². The molecule has 2 atom stereocenters. The number of benzene rings is 2. The first-order valence-corrected chi connectivity index (χ1v) is 8.20. The lowest BCUT2D eigenvalue weighted by molar-refractivity contribution is -0.160. The predicted octanol–water partition coefficient (Wildman–Crippen LogP) is 3.84. The Morgan fingerprint density at radius 3 is 2.12 bits per heavy atom. The van der Waals surface area contributed by atoms with E-state index in [1.54, 1.807) is 6.92 Å². The van der Waals surface area contributed by atoms with Gasteiger partial charge in [-0.3, -0.25) is 9.59 Å². The van der Waals surface area contributed by atoms with Crippen LogP contribution in [0.2, 0.25) is 0 Å². The van der Waals surface area contributed by atoms with Gasteiger partial charge < -0.3 is 9.47 Å². The summed E-state index contributed by atoms with van der Waals surface area (Å²) in [6.45, 7) is 1.92. The van der Waals surface area contributed by atoms with Crippen LogP contribution in [0.1, 0.15) is 24.0 Å². The summed E-state index contributed by atoms with van der Waals surface area (Å²) in [5, 5.41) is 0. The number of ether oxygens (including phenoxy) is 2. The molecule has 2 aromatic carbocycles. The number of carbonyl (C=O) groups is 2. The van der Waals surface area contributed by atoms with Crippen LogP contribution in [0.25, 0.3) is 6.08 Å². The average molecular weight is 338 g/mol. The molecular formula is C21H22O4. The molecule has 0 N–H and O–H groups in total. The summed E-state index contributed by atoms with van der Waals surface area (Å²) >= 11 is 0. The number of allylic oxidation sites excluding steroid dienone is 1. The maximum Gasteiger partial charge on any atom is 0.321 e. The summed E-state index contributed by atoms with van der Waals surface area (Å²) < 4.78 is 9.97. The van der Waals surface area contributed by atoms with Crippen molar-refractivity contribution in [2.24, 2.45) is 5.92 Å². The molecule has 130 valence electrons. The molecule has 0 saturated heterocycles. The van der Waals surface area contributed by atoms with E-state index >= 15 is 0 Å². The van der Waals surface area contributed by atoms with Gasteiger partial charge in [-0.25, -0.2) is 0 Å². The summed E-state index contributed by atoms with van der Waals surface area (Å²) in [4.78, 5) is 24.7. The molecule has 4 heteroatoms. The number of hydrogen-bond acceptors (Lipinski definition) is 4. The number of methoxy groups -OCH3 is 1. The Morgan fingerprint density at radius 1 is 0.960 bits per heavy atom. The molecule has 0 spiro atoms. The van der Waals surface area contributed by atoms with Crippen molar-refractivity contribution in [3.8, 4) is 0 Å². The van der Waals surface area contributed by atoms with Gasteiger partial charge in [0.15, 0.2) is 5.92 Å². The smallest absolute Gasteiger partial charge is 0.321 e. The van der Waals surface area contributed by atoms with Crippen molar-refractivity contribution in [1.29, 1.82) is 0 Å². The third-order valence-corrected chi connectivity index (χ3v) is 3.83. The quantitative estimate of drug-likeness (QED) is 0.569. The Bertz CT molecular complexity index is 707. The van der Waals surface area contributed by atoms with E-state index in [0.29, 0.717) is 0 Å². The second-order valence-corrected chi connectivity index (χ2v) is 5.46. The zero-order chi connectivity index (χ0) is 18.1. The topological polar surface area (TPSA) is 52.6 Å². The second kappa shape index (κ2) is 9.42. The van der Waals surface area contributed by atoms with E-state index in [1.165, 1.54) is 7.11 Å². The first-order chi connectivity index (χ1) is 12.2. The number of hydrogen-bond donors (Lipinski definition) is 0. The van der Waals surface area contributed by atoms with Crippen LogP contribution in [0.5, 0.6) is 0 Å². The normalized spacial score (nSPS) is 13.2. The van der Waals surface area contributed by atoms with Crippen LogP contribution in [0.3, 0.4) is 0 Å². The number of carbonyl (C=O) groups excluding carboxylic acids is 2. The minimum absolute atomic E-state index is 0.205. The van der Waals surface area contributed by atoms with Crippen LogP contribution in [0, 0.1) is 5.92 Å². The second-order valence-electron chi connectivity index (χ2n) is 5.46. The van der Waals surface area contributed by atoms with Crippen LogP contribution >= 0.6 is 0 Å². The summed E-state index contributed by atoms with van der Waals surface area (Å²) in [7, 11) is 1.28. The Kier molecular flexibility index (Phi) is 6.96. The molecule has 2 rings (SSSR count). The van der Waals surface area contributed by atoms with Gasteiger partial charge in [0, 0.05) is 5.92 Å². The van der Waals surface area contributed by atoms with Crippen molar-refractivity contribution in [3.05, 3.63) is 77.9 Å². The van der Waals surface area contributed by atoms with Gasteiger partial charge >= 0.3 is 11.9 Å². The molecule has 0 aromatic heterocycles. The fourth-order valence-corrected chi connectivity index (χ4v) is 2.62. The molecule has 0 bridgehead atoms. The Balaban J connectivity index is 2.42. The molecular weight excluding hydrogens is 316 g/mol. The molecule has 0 fully saturated rings. The molecule has 0 heterocycles. The van der Waals surface area contributed by atoms with Gasteiger partial charge in [0.05, 0.1) is 13.7 Å². The Labute approximate surface area is 148 Å². The van der Waals surface area contributed by atoms with Gasteiger partial charge in [-0.15, -0.1) is 0 Å². The highest BCUT2D eigenvalue weighted by atomic mass is 16.5. The van der Waals surface area contributed by atoms with Gasteiger partial charge in [0.25, 0.3) is 0 Å². The SMILES string of the molecule is CCOC(=O)C(C(=O)OC)C(/C=C/c1ccccc1)c1ccccc1. The first-order valence-electron chi connectivity index (χ1n) is 8.20. The van der Waals surface area contributed by atoms with E-state index in [0.717, 1.165) is 11.1 Å². The number of rotatable bonds is 7. The number of esters is 2. The van der Waals surface area contributed by atoms with E-state index in [-0.39, 0.29) is 6.61 Å². The zero-order valence-electron chi connectivity index (χ0n) is 14.4. The Hall–Kier alpha value is -2.88. The minimum Gasteiger partial charge on any atom is -0.468 e. The summed E-state index contributed by atoms with van der Waals surface area (Å²) in [6, 6.07) is 19.1. The monoisotopic (exact) mass is 338 g/mol. The predicted molar refractivity (Wildman–Crippen MR) is 96.8 cm³/mol. The van der Waals surface area contributed by atoms with Crippen molar-refractivity contribution in [1.82, 2.24) is 0 Å². The Morgan fingerprint density at radius 2 is 1.56 bits per heavy atom. The zero-order valence-corrected chi connectivity index (χ0v) is 14.4. The van der Waals surface area contributed by atoms with E-state index in [1.807, 2.05) is 72.8 Å². The van der Waals surface area contributed by atoms with Crippen molar-refractivity contribution in [2.75, 3.05) is 13.7 Å². The largest absolute Gasteiger partial charge is 0.468 e. The highest BCUT2D eigenvalue weighted by molar-refractivity contribution is 5.96. The lowest BCUT2D eigenvalue weighted by Crippen LogP contribution is -2.32. The third kappa shape index (κ3) is 5.05. The fraction of sp³-hybridized carbons (Fsp3) is 0.238. The molecule has 0 aliphatic rings. The first kappa shape index (κ1) is 18.5. The molecule has 4 nitrogen and oxygen atoms in total. The summed E-state index contributed by atoms with van der Waals surface area (Å²) in [6.07, 6.45) is 3.75. The van der Waals surface area contributed by atoms with Crippen LogP contribution in [0.15, 0.2) is 66.7 Å². The lowest BCUT2D eigenvalue weighted by atomic mass is 9.85. The minimum atomic E-state index is -1.05. The van der Waals surface area contributed by atoms with Crippen LogP contribution < -0.4 is 0 Å². The van der Waals surface area contributed by atoms with E-state index in [2.05, 4.69) is 0 Å². The maximum atomic E-state index is 12.4. The summed E-state index contributed by atoms with van der Waals surface area (Å²) in [5.41, 5.74) is 1.83. The van der Waals surface area contributed by atoms with Gasteiger partial charge in [-0.2, -0.15) is 0 Å². The van der Waals surface area contributed by atoms with Crippen molar-refractivity contribution in [3.63, 3.8) is 0 Å². The third-order valence-electron chi connectivity index (χ3n) is 3.83. The van der Waals surface area contributed by atoms with E-state index in [4.69, 9.17) is 9.47 Å². The van der Waals surface area contributed by atoms with Crippen molar-refractivity contribution in [2.45, 2.75) is 12.8 Å². The average Bonchev–Trinajstić information content (AvgIpc) is 2.66. The van der Waals surface area contributed by atoms with Crippen LogP contribution in [-0.4, -0.2) is 25.7 Å². The molecule has 0 saturated carbocycles. The van der Waals surface area contributed by atoms with Crippen molar-refractivity contribution < 1.29 is 19.1 Å². The highest BCUT2D eigenvalue weighted by Crippen LogP contribution is 2.29. The molecule has 2 aromatic rings. The van der Waals surface area contributed by atoms with E-state index in [9.17, 15) is 9.59 Å². The summed E-state index contributed by atoms with van der Waals surface area (Å²) in [5.74, 6) is -2.72. The fourth-order valence-electron chi connectivity index (χ4n) is 2.62. The highest BCUT2D eigenvalue weighted by Gasteiger charge is 2.36. The van der Waals surface area contributed by atoms with Crippen LogP contribution in [-0.2, 0) is 19.1 Å². The van der Waals surface area contributed by atoms with Gasteiger partial charge in [-0.1, -0.05) is 72.8 Å². The van der Waals surface area contributed by atoms with Crippen LogP contribution in [0.4, 0.5) is 0 Å². The standard InChI is InChI=1S/C21H22O4/c1-3-25-21(23)19(20(22)24-2)18(17-12-8-5-9-13-17)15-14-16-10-6-4-7-11-16/h4-15,18-19H,3H2,1-2H3/b15-14+. The maximum absolute atomic E-state index is 12.4. The van der Waals surface area contributed by atoms with Gasteiger partial charge in [0.2, 0.25) is 0 Å². The molecule has 25 heavy (non-hydrogen) atoms. The molecule has 2 unspecified atom stereocenters. The van der Waals surface area contributed by atoms with Gasteiger partial charge in [0.1, 0.15) is 0 Å².